The van der Waals surface area contributed by atoms with Gasteiger partial charge in [0.15, 0.2) is 0 Å². The summed E-state index contributed by atoms with van der Waals surface area (Å²) in [4.78, 5) is 21.7. The predicted molar refractivity (Wildman–Crippen MR) is 82.8 cm³/mol. The molecule has 1 aromatic rings. The number of ether oxygens (including phenoxy) is 1. The summed E-state index contributed by atoms with van der Waals surface area (Å²) in [6.45, 7) is 0.954. The Balaban J connectivity index is 2.58. The van der Waals surface area contributed by atoms with E-state index in [0.29, 0.717) is 0 Å². The fourth-order valence-corrected chi connectivity index (χ4v) is 2.78. The van der Waals surface area contributed by atoms with E-state index < -0.39 is 46.6 Å². The average Bonchev–Trinajstić information content (AvgIpc) is 2.50. The number of sulfonamides is 1. The summed E-state index contributed by atoms with van der Waals surface area (Å²) in [5.74, 6) is -2.28. The Morgan fingerprint density at radius 1 is 1.23 bits per heavy atom. The van der Waals surface area contributed by atoms with E-state index in [0.717, 1.165) is 24.3 Å². The number of carboxylic acids is 1. The number of hydrogen-bond acceptors (Lipinski definition) is 5. The van der Waals surface area contributed by atoms with E-state index in [9.17, 15) is 31.2 Å². The normalized spacial score (nSPS) is 13.1. The van der Waals surface area contributed by atoms with Crippen LogP contribution in [0.25, 0.3) is 0 Å². The van der Waals surface area contributed by atoms with Crippen LogP contribution < -0.4 is 14.8 Å². The largest absolute Gasteiger partial charge is 0.573 e. The van der Waals surface area contributed by atoms with Crippen molar-refractivity contribution in [1.82, 2.24) is 10.0 Å². The fraction of sp³-hybridized carbons (Fsp3) is 0.429. The first-order valence-corrected chi connectivity index (χ1v) is 8.74. The van der Waals surface area contributed by atoms with Crippen LogP contribution in [0.2, 0.25) is 0 Å². The molecular weight excluding hydrogens is 381 g/mol. The maximum atomic E-state index is 12.1. The summed E-state index contributed by atoms with van der Waals surface area (Å²) in [7, 11) is -4.12. The van der Waals surface area contributed by atoms with Crippen LogP contribution in [-0.2, 0) is 19.6 Å². The molecule has 0 aliphatic carbocycles. The summed E-state index contributed by atoms with van der Waals surface area (Å²) in [5.41, 5.74) is 0. The van der Waals surface area contributed by atoms with E-state index in [2.05, 4.69) is 10.1 Å². The van der Waals surface area contributed by atoms with Crippen LogP contribution in [0.5, 0.6) is 5.75 Å². The molecular formula is C14H17F3N2O6S. The number of rotatable bonds is 9. The third kappa shape index (κ3) is 8.16. The molecule has 0 aromatic heterocycles. The Morgan fingerprint density at radius 3 is 2.31 bits per heavy atom. The minimum atomic E-state index is -4.89. The molecule has 0 saturated heterocycles. The van der Waals surface area contributed by atoms with Crippen LogP contribution >= 0.6 is 0 Å². The van der Waals surface area contributed by atoms with Crippen LogP contribution in [-0.4, -0.2) is 44.3 Å². The van der Waals surface area contributed by atoms with Crippen molar-refractivity contribution in [2.45, 2.75) is 37.1 Å². The second-order valence-electron chi connectivity index (χ2n) is 5.24. The Hall–Kier alpha value is -2.34. The molecule has 0 bridgehead atoms. The van der Waals surface area contributed by atoms with Gasteiger partial charge in [0.2, 0.25) is 15.9 Å². The van der Waals surface area contributed by atoms with Crippen molar-refractivity contribution >= 4 is 21.9 Å². The lowest BCUT2D eigenvalue weighted by Crippen LogP contribution is -2.41. The first kappa shape index (κ1) is 21.7. The summed E-state index contributed by atoms with van der Waals surface area (Å²) >= 11 is 0. The van der Waals surface area contributed by atoms with E-state index in [1.165, 1.54) is 0 Å². The third-order valence-corrected chi connectivity index (χ3v) is 4.41. The van der Waals surface area contributed by atoms with Crippen molar-refractivity contribution in [2.24, 2.45) is 0 Å². The minimum Gasteiger partial charge on any atom is -0.481 e. The minimum absolute atomic E-state index is 0.153. The maximum absolute atomic E-state index is 12.1. The number of benzene rings is 1. The SMILES string of the molecule is CC(CCC(=O)O)NC(=O)CNS(=O)(=O)c1ccc(OC(F)(F)F)cc1. The Bertz CT molecular complexity index is 734. The molecule has 8 nitrogen and oxygen atoms in total. The highest BCUT2D eigenvalue weighted by atomic mass is 32.2. The smallest absolute Gasteiger partial charge is 0.481 e. The molecule has 0 aliphatic heterocycles. The lowest BCUT2D eigenvalue weighted by atomic mass is 10.2. The number of amides is 1. The number of carbonyl (C=O) groups is 2. The summed E-state index contributed by atoms with van der Waals surface area (Å²) in [5, 5.41) is 11.0. The second kappa shape index (κ2) is 8.85. The van der Waals surface area contributed by atoms with Crippen molar-refractivity contribution in [1.29, 1.82) is 0 Å². The zero-order valence-electron chi connectivity index (χ0n) is 13.5. The van der Waals surface area contributed by atoms with Gasteiger partial charge in [0.1, 0.15) is 5.75 Å². The number of nitrogens with one attached hydrogen (secondary N) is 2. The lowest BCUT2D eigenvalue weighted by Gasteiger charge is -2.13. The number of alkyl halides is 3. The van der Waals surface area contributed by atoms with Crippen molar-refractivity contribution in [2.75, 3.05) is 6.54 Å². The third-order valence-electron chi connectivity index (χ3n) is 2.99. The van der Waals surface area contributed by atoms with Crippen LogP contribution in [0.3, 0.4) is 0 Å². The molecule has 0 radical (unpaired) electrons. The molecule has 0 spiro atoms. The Labute approximate surface area is 147 Å². The number of halogens is 3. The van der Waals surface area contributed by atoms with Crippen molar-refractivity contribution in [3.05, 3.63) is 24.3 Å². The van der Waals surface area contributed by atoms with E-state index in [-0.39, 0.29) is 17.7 Å². The molecule has 146 valence electrons. The molecule has 0 aliphatic rings. The van der Waals surface area contributed by atoms with Gasteiger partial charge in [-0.25, -0.2) is 13.1 Å². The predicted octanol–water partition coefficient (Wildman–Crippen LogP) is 1.23. The highest BCUT2D eigenvalue weighted by molar-refractivity contribution is 7.89. The van der Waals surface area contributed by atoms with Gasteiger partial charge in [0, 0.05) is 12.5 Å². The number of aliphatic carboxylic acids is 1. The molecule has 1 atom stereocenters. The zero-order chi connectivity index (χ0) is 20.0. The van der Waals surface area contributed by atoms with E-state index >= 15 is 0 Å². The highest BCUT2D eigenvalue weighted by Crippen LogP contribution is 2.23. The van der Waals surface area contributed by atoms with E-state index in [4.69, 9.17) is 5.11 Å². The second-order valence-corrected chi connectivity index (χ2v) is 7.01. The standard InChI is InChI=1S/C14H17F3N2O6S/c1-9(2-7-13(21)22)19-12(20)8-18-26(23,24)11-5-3-10(4-6-11)25-14(15,16)17/h3-6,9,18H,2,7-8H2,1H3,(H,19,20)(H,21,22). The summed E-state index contributed by atoms with van der Waals surface area (Å²) in [6.07, 6.45) is -4.87. The van der Waals surface area contributed by atoms with Gasteiger partial charge in [-0.15, -0.1) is 13.2 Å². The molecule has 0 saturated carbocycles. The van der Waals surface area contributed by atoms with Gasteiger partial charge in [-0.2, -0.15) is 0 Å². The molecule has 1 unspecified atom stereocenters. The van der Waals surface area contributed by atoms with E-state index in [1.54, 1.807) is 6.92 Å². The van der Waals surface area contributed by atoms with Crippen LogP contribution in [0.1, 0.15) is 19.8 Å². The van der Waals surface area contributed by atoms with Gasteiger partial charge in [-0.3, -0.25) is 9.59 Å². The first-order valence-electron chi connectivity index (χ1n) is 7.25. The number of hydrogen-bond donors (Lipinski definition) is 3. The summed E-state index contributed by atoms with van der Waals surface area (Å²) < 4.78 is 65.8. The topological polar surface area (TPSA) is 122 Å². The van der Waals surface area contributed by atoms with Gasteiger partial charge in [0.05, 0.1) is 11.4 Å². The molecule has 1 amide bonds. The van der Waals surface area contributed by atoms with Gasteiger partial charge in [-0.1, -0.05) is 0 Å². The Kier molecular flexibility index (Phi) is 7.39. The quantitative estimate of drug-likeness (QED) is 0.575. The number of carboxylic acid groups (broad SMARTS) is 1. The van der Waals surface area contributed by atoms with Crippen molar-refractivity contribution in [3.63, 3.8) is 0 Å². The van der Waals surface area contributed by atoms with E-state index in [1.807, 2.05) is 4.72 Å². The van der Waals surface area contributed by atoms with Crippen LogP contribution in [0.15, 0.2) is 29.2 Å². The molecule has 0 fully saturated rings. The van der Waals surface area contributed by atoms with Gasteiger partial charge in [-0.05, 0) is 37.6 Å². The molecule has 0 heterocycles. The molecule has 1 aromatic carbocycles. The van der Waals surface area contributed by atoms with Gasteiger partial charge in [0.25, 0.3) is 0 Å². The van der Waals surface area contributed by atoms with Crippen molar-refractivity contribution < 1.29 is 41.0 Å². The average molecular weight is 398 g/mol. The molecule has 1 rings (SSSR count). The molecule has 3 N–H and O–H groups in total. The lowest BCUT2D eigenvalue weighted by molar-refractivity contribution is -0.274. The monoisotopic (exact) mass is 398 g/mol. The summed E-state index contributed by atoms with van der Waals surface area (Å²) in [6, 6.07) is 2.99. The van der Waals surface area contributed by atoms with Gasteiger partial charge < -0.3 is 15.2 Å². The molecule has 12 heteroatoms. The van der Waals surface area contributed by atoms with Gasteiger partial charge >= 0.3 is 12.3 Å². The van der Waals surface area contributed by atoms with Crippen LogP contribution in [0, 0.1) is 0 Å². The first-order chi connectivity index (χ1) is 11.9. The maximum Gasteiger partial charge on any atom is 0.573 e. The zero-order valence-corrected chi connectivity index (χ0v) is 14.4. The molecule has 26 heavy (non-hydrogen) atoms. The fourth-order valence-electron chi connectivity index (χ4n) is 1.80. The Morgan fingerprint density at radius 2 is 1.81 bits per heavy atom. The highest BCUT2D eigenvalue weighted by Gasteiger charge is 2.31. The number of carbonyl (C=O) groups excluding carboxylic acids is 1. The van der Waals surface area contributed by atoms with Crippen LogP contribution in [0.4, 0.5) is 13.2 Å². The van der Waals surface area contributed by atoms with Crippen molar-refractivity contribution in [3.8, 4) is 5.75 Å².